The second kappa shape index (κ2) is 5.83. The van der Waals surface area contributed by atoms with Gasteiger partial charge in [0.2, 0.25) is 0 Å². The Labute approximate surface area is 128 Å². The summed E-state index contributed by atoms with van der Waals surface area (Å²) in [4.78, 5) is 23.6. The van der Waals surface area contributed by atoms with Gasteiger partial charge in [0, 0.05) is 5.39 Å². The molecular weight excluding hydrogens is 284 g/mol. The molecule has 1 aromatic heterocycles. The van der Waals surface area contributed by atoms with Crippen molar-refractivity contribution in [3.05, 3.63) is 36.1 Å². The monoisotopic (exact) mass is 304 g/mol. The third kappa shape index (κ3) is 2.84. The molecule has 2 rings (SSSR count). The smallest absolute Gasteiger partial charge is 0.315 e. The van der Waals surface area contributed by atoms with Crippen LogP contribution in [0.1, 0.15) is 38.9 Å². The number of fused-ring (bicyclic) bond motifs is 1. The maximum atomic E-state index is 11.8. The van der Waals surface area contributed by atoms with E-state index in [1.165, 1.54) is 6.92 Å². The molecule has 0 saturated carbocycles. The zero-order valence-corrected chi connectivity index (χ0v) is 12.9. The van der Waals surface area contributed by atoms with Crippen LogP contribution in [0.25, 0.3) is 11.0 Å². The molecule has 1 heterocycles. The summed E-state index contributed by atoms with van der Waals surface area (Å²) in [5.41, 5.74) is -0.880. The molecule has 0 unspecified atom stereocenters. The van der Waals surface area contributed by atoms with Gasteiger partial charge in [-0.15, -0.1) is 0 Å². The van der Waals surface area contributed by atoms with E-state index in [1.807, 2.05) is 26.0 Å². The Bertz CT molecular complexity index is 667. The minimum absolute atomic E-state index is 0.0485. The molecule has 1 aromatic carbocycles. The Kier molecular flexibility index (Phi) is 4.26. The zero-order chi connectivity index (χ0) is 16.5. The van der Waals surface area contributed by atoms with Gasteiger partial charge in [0.1, 0.15) is 17.3 Å². The number of carboxylic acid groups (broad SMARTS) is 2. The molecule has 0 spiro atoms. The van der Waals surface area contributed by atoms with E-state index in [-0.39, 0.29) is 18.1 Å². The highest BCUT2D eigenvalue weighted by molar-refractivity contribution is 5.88. The molecular formula is C17H20O5. The number of benzene rings is 1. The molecule has 0 fully saturated rings. The molecule has 0 bridgehead atoms. The van der Waals surface area contributed by atoms with Crippen molar-refractivity contribution in [1.82, 2.24) is 0 Å². The maximum Gasteiger partial charge on any atom is 0.315 e. The molecule has 2 atom stereocenters. The third-order valence-electron chi connectivity index (χ3n) is 3.93. The molecule has 0 radical (unpaired) electrons. The summed E-state index contributed by atoms with van der Waals surface area (Å²) in [6.07, 6.45) is 0.246. The summed E-state index contributed by atoms with van der Waals surface area (Å²) in [6, 6.07) is 8.77. The van der Waals surface area contributed by atoms with Gasteiger partial charge in [-0.05, 0) is 31.4 Å². The fourth-order valence-electron chi connectivity index (χ4n) is 3.03. The minimum atomic E-state index is -1.44. The maximum absolute atomic E-state index is 11.8. The van der Waals surface area contributed by atoms with Gasteiger partial charge in [-0.3, -0.25) is 9.59 Å². The number of carboxylic acids is 2. The van der Waals surface area contributed by atoms with Crippen molar-refractivity contribution in [3.8, 4) is 0 Å². The summed E-state index contributed by atoms with van der Waals surface area (Å²) in [5, 5.41) is 20.0. The van der Waals surface area contributed by atoms with Crippen molar-refractivity contribution in [2.45, 2.75) is 33.1 Å². The predicted molar refractivity (Wildman–Crippen MR) is 81.8 cm³/mol. The van der Waals surface area contributed by atoms with Crippen LogP contribution in [0.15, 0.2) is 34.7 Å². The van der Waals surface area contributed by atoms with E-state index < -0.39 is 23.3 Å². The molecule has 5 nitrogen and oxygen atoms in total. The molecule has 0 aliphatic carbocycles. The fourth-order valence-corrected chi connectivity index (χ4v) is 3.03. The summed E-state index contributed by atoms with van der Waals surface area (Å²) >= 11 is 0. The molecule has 118 valence electrons. The fraction of sp³-hybridized carbons (Fsp3) is 0.412. The summed E-state index contributed by atoms with van der Waals surface area (Å²) in [5.74, 6) is -3.33. The first-order valence-electron chi connectivity index (χ1n) is 7.20. The lowest BCUT2D eigenvalue weighted by Gasteiger charge is -2.31. The average Bonchev–Trinajstić information content (AvgIpc) is 2.79. The number of rotatable bonds is 6. The molecule has 2 aromatic rings. The van der Waals surface area contributed by atoms with E-state index >= 15 is 0 Å². The number of carbonyl (C=O) groups is 2. The van der Waals surface area contributed by atoms with Crippen LogP contribution in [-0.4, -0.2) is 22.2 Å². The third-order valence-corrected chi connectivity index (χ3v) is 3.93. The summed E-state index contributed by atoms with van der Waals surface area (Å²) in [7, 11) is 0. The summed E-state index contributed by atoms with van der Waals surface area (Å²) < 4.78 is 5.63. The minimum Gasteiger partial charge on any atom is -0.481 e. The molecule has 2 N–H and O–H groups in total. The number of aliphatic carboxylic acids is 2. The number of para-hydroxylation sites is 1. The van der Waals surface area contributed by atoms with Crippen molar-refractivity contribution in [3.63, 3.8) is 0 Å². The van der Waals surface area contributed by atoms with E-state index in [0.717, 1.165) is 5.39 Å². The topological polar surface area (TPSA) is 87.7 Å². The Morgan fingerprint density at radius 1 is 1.23 bits per heavy atom. The Balaban J connectivity index is 2.56. The molecule has 0 amide bonds. The van der Waals surface area contributed by atoms with Crippen LogP contribution in [0, 0.1) is 11.3 Å². The van der Waals surface area contributed by atoms with Gasteiger partial charge in [-0.25, -0.2) is 0 Å². The highest BCUT2D eigenvalue weighted by atomic mass is 16.4. The van der Waals surface area contributed by atoms with Crippen molar-refractivity contribution >= 4 is 22.9 Å². The lowest BCUT2D eigenvalue weighted by Crippen LogP contribution is -2.39. The normalized spacial score (nSPS) is 15.6. The van der Waals surface area contributed by atoms with Gasteiger partial charge < -0.3 is 14.6 Å². The number of hydrogen-bond donors (Lipinski definition) is 2. The van der Waals surface area contributed by atoms with E-state index in [4.69, 9.17) is 4.42 Å². The lowest BCUT2D eigenvalue weighted by atomic mass is 9.70. The first-order chi connectivity index (χ1) is 10.3. The Morgan fingerprint density at radius 3 is 2.36 bits per heavy atom. The van der Waals surface area contributed by atoms with E-state index in [2.05, 4.69) is 0 Å². The van der Waals surface area contributed by atoms with Gasteiger partial charge in [0.15, 0.2) is 0 Å². The standard InChI is InChI=1S/C17H20O5/c1-10(2)9-17(3,16(20)21)14(15(18)19)13-8-11-6-4-5-7-12(11)22-13/h4-8,10,14H,9H2,1-3H3,(H,18,19)(H,20,21)/t14-,17+/m0/s1. The van der Waals surface area contributed by atoms with Gasteiger partial charge in [-0.2, -0.15) is 0 Å². The van der Waals surface area contributed by atoms with Crippen molar-refractivity contribution in [2.75, 3.05) is 0 Å². The van der Waals surface area contributed by atoms with Crippen molar-refractivity contribution in [2.24, 2.45) is 11.3 Å². The number of furan rings is 1. The van der Waals surface area contributed by atoms with Gasteiger partial charge >= 0.3 is 11.9 Å². The second-order valence-electron chi connectivity index (χ2n) is 6.28. The summed E-state index contributed by atoms with van der Waals surface area (Å²) in [6.45, 7) is 5.22. The van der Waals surface area contributed by atoms with E-state index in [0.29, 0.717) is 5.58 Å². The van der Waals surface area contributed by atoms with Crippen LogP contribution in [-0.2, 0) is 9.59 Å². The SMILES string of the molecule is CC(C)C[C@@](C)(C(=O)O)[C@H](C(=O)O)c1cc2ccccc2o1. The average molecular weight is 304 g/mol. The van der Waals surface area contributed by atoms with Crippen LogP contribution in [0.3, 0.4) is 0 Å². The predicted octanol–water partition coefficient (Wildman–Crippen LogP) is 3.74. The Hall–Kier alpha value is -2.30. The van der Waals surface area contributed by atoms with Crippen LogP contribution >= 0.6 is 0 Å². The first kappa shape index (κ1) is 16.1. The molecule has 22 heavy (non-hydrogen) atoms. The molecule has 0 aliphatic heterocycles. The first-order valence-corrected chi connectivity index (χ1v) is 7.20. The highest BCUT2D eigenvalue weighted by Crippen LogP contribution is 2.43. The quantitative estimate of drug-likeness (QED) is 0.848. The number of hydrogen-bond acceptors (Lipinski definition) is 3. The van der Waals surface area contributed by atoms with Crippen LogP contribution in [0.5, 0.6) is 0 Å². The van der Waals surface area contributed by atoms with E-state index in [1.54, 1.807) is 18.2 Å². The Morgan fingerprint density at radius 2 is 1.86 bits per heavy atom. The molecule has 0 saturated heterocycles. The van der Waals surface area contributed by atoms with Crippen molar-refractivity contribution in [1.29, 1.82) is 0 Å². The lowest BCUT2D eigenvalue weighted by molar-refractivity contribution is -0.158. The van der Waals surface area contributed by atoms with Crippen LogP contribution < -0.4 is 0 Å². The van der Waals surface area contributed by atoms with Gasteiger partial charge in [0.25, 0.3) is 0 Å². The molecule has 0 aliphatic rings. The van der Waals surface area contributed by atoms with Gasteiger partial charge in [0.05, 0.1) is 5.41 Å². The van der Waals surface area contributed by atoms with Crippen LogP contribution in [0.2, 0.25) is 0 Å². The molecule has 5 heteroatoms. The van der Waals surface area contributed by atoms with Crippen molar-refractivity contribution < 1.29 is 24.2 Å². The van der Waals surface area contributed by atoms with Crippen LogP contribution in [0.4, 0.5) is 0 Å². The van der Waals surface area contributed by atoms with Gasteiger partial charge in [-0.1, -0.05) is 32.0 Å². The highest BCUT2D eigenvalue weighted by Gasteiger charge is 2.48. The second-order valence-corrected chi connectivity index (χ2v) is 6.28. The van der Waals surface area contributed by atoms with E-state index in [9.17, 15) is 19.8 Å². The zero-order valence-electron chi connectivity index (χ0n) is 12.9. The largest absolute Gasteiger partial charge is 0.481 e.